The number of carbonyl (C=O) groups excluding carboxylic acids is 1. The molecule has 34 heavy (non-hydrogen) atoms. The zero-order valence-electron chi connectivity index (χ0n) is 17.8. The van der Waals surface area contributed by atoms with Gasteiger partial charge in [0.1, 0.15) is 11.5 Å². The van der Waals surface area contributed by atoms with Crippen LogP contribution in [0.3, 0.4) is 0 Å². The maximum atomic E-state index is 12.6. The average molecular weight is 446 g/mol. The Morgan fingerprint density at radius 1 is 0.824 bits per heavy atom. The van der Waals surface area contributed by atoms with E-state index in [2.05, 4.69) is 40.8 Å². The van der Waals surface area contributed by atoms with Crippen LogP contribution in [-0.4, -0.2) is 36.0 Å². The average Bonchev–Trinajstić information content (AvgIpc) is 3.51. The van der Waals surface area contributed by atoms with Crippen LogP contribution < -0.4 is 10.6 Å². The summed E-state index contributed by atoms with van der Waals surface area (Å²) in [6.45, 7) is 0. The molecule has 0 spiro atoms. The summed E-state index contributed by atoms with van der Waals surface area (Å²) in [5, 5.41) is 15.1. The van der Waals surface area contributed by atoms with Crippen LogP contribution >= 0.6 is 0 Å². The second-order valence-corrected chi connectivity index (χ2v) is 7.74. The summed E-state index contributed by atoms with van der Waals surface area (Å²) >= 11 is 0. The van der Waals surface area contributed by atoms with E-state index < -0.39 is 0 Å². The number of aromatic amines is 2. The minimum atomic E-state index is -0.221. The van der Waals surface area contributed by atoms with E-state index >= 15 is 0 Å². The molecule has 4 heterocycles. The van der Waals surface area contributed by atoms with Crippen molar-refractivity contribution in [1.82, 2.24) is 30.1 Å². The van der Waals surface area contributed by atoms with Gasteiger partial charge in [-0.1, -0.05) is 12.1 Å². The Hall–Kier alpha value is -5.05. The molecule has 4 N–H and O–H groups in total. The first-order valence-corrected chi connectivity index (χ1v) is 10.6. The zero-order chi connectivity index (χ0) is 22.9. The van der Waals surface area contributed by atoms with Crippen molar-refractivity contribution < 1.29 is 4.79 Å². The number of anilines is 3. The highest BCUT2D eigenvalue weighted by Gasteiger charge is 2.12. The molecule has 0 radical (unpaired) electrons. The van der Waals surface area contributed by atoms with Crippen molar-refractivity contribution in [2.75, 3.05) is 10.6 Å². The van der Waals surface area contributed by atoms with E-state index in [0.717, 1.165) is 33.1 Å². The van der Waals surface area contributed by atoms with Crippen molar-refractivity contribution in [2.45, 2.75) is 0 Å². The van der Waals surface area contributed by atoms with Crippen LogP contribution in [0.15, 0.2) is 85.5 Å². The molecule has 9 nitrogen and oxygen atoms in total. The summed E-state index contributed by atoms with van der Waals surface area (Å²) in [6.07, 6.45) is 6.76. The van der Waals surface area contributed by atoms with Crippen molar-refractivity contribution in [1.29, 1.82) is 0 Å². The summed E-state index contributed by atoms with van der Waals surface area (Å²) in [6, 6.07) is 18.9. The van der Waals surface area contributed by atoms with E-state index in [1.54, 1.807) is 36.9 Å². The fourth-order valence-corrected chi connectivity index (χ4v) is 3.76. The molecule has 0 fully saturated rings. The normalized spacial score (nSPS) is 11.1. The molecule has 0 bridgehead atoms. The van der Waals surface area contributed by atoms with Gasteiger partial charge in [-0.3, -0.25) is 14.9 Å². The summed E-state index contributed by atoms with van der Waals surface area (Å²) < 4.78 is 0. The van der Waals surface area contributed by atoms with Gasteiger partial charge in [0.05, 0.1) is 11.7 Å². The Morgan fingerprint density at radius 3 is 2.65 bits per heavy atom. The number of hydrogen-bond donors (Lipinski definition) is 4. The van der Waals surface area contributed by atoms with Gasteiger partial charge in [0.2, 0.25) is 0 Å². The molecule has 4 aromatic heterocycles. The Labute approximate surface area is 193 Å². The molecule has 0 aliphatic heterocycles. The quantitative estimate of drug-likeness (QED) is 0.299. The lowest BCUT2D eigenvalue weighted by Gasteiger charge is -2.07. The molecule has 0 atom stereocenters. The van der Waals surface area contributed by atoms with Gasteiger partial charge in [0.15, 0.2) is 5.82 Å². The number of pyridine rings is 1. The first-order valence-electron chi connectivity index (χ1n) is 10.6. The van der Waals surface area contributed by atoms with Crippen LogP contribution in [0.25, 0.3) is 33.2 Å². The van der Waals surface area contributed by atoms with Gasteiger partial charge in [-0.2, -0.15) is 5.10 Å². The monoisotopic (exact) mass is 446 g/mol. The summed E-state index contributed by atoms with van der Waals surface area (Å²) in [5.74, 6) is 1.03. The number of carbonyl (C=O) groups is 1. The van der Waals surface area contributed by atoms with Crippen LogP contribution in [0.1, 0.15) is 10.5 Å². The Bertz CT molecular complexity index is 1640. The number of H-pyrrole nitrogens is 2. The fourth-order valence-electron chi connectivity index (χ4n) is 3.76. The molecule has 6 aromatic rings. The highest BCUT2D eigenvalue weighted by molar-refractivity contribution is 6.06. The molecule has 0 saturated heterocycles. The summed E-state index contributed by atoms with van der Waals surface area (Å²) in [4.78, 5) is 28.9. The van der Waals surface area contributed by atoms with Gasteiger partial charge in [-0.05, 0) is 48.5 Å². The highest BCUT2D eigenvalue weighted by atomic mass is 16.1. The summed E-state index contributed by atoms with van der Waals surface area (Å²) in [7, 11) is 0. The highest BCUT2D eigenvalue weighted by Crippen LogP contribution is 2.25. The third-order valence-corrected chi connectivity index (χ3v) is 5.43. The summed E-state index contributed by atoms with van der Waals surface area (Å²) in [5.41, 5.74) is 4.69. The fraction of sp³-hybridized carbons (Fsp3) is 0. The number of benzene rings is 2. The van der Waals surface area contributed by atoms with Crippen LogP contribution in [0.5, 0.6) is 0 Å². The minimum absolute atomic E-state index is 0.221. The van der Waals surface area contributed by atoms with E-state index in [0.29, 0.717) is 23.0 Å². The van der Waals surface area contributed by atoms with Crippen molar-refractivity contribution in [3.63, 3.8) is 0 Å². The molecule has 0 saturated carbocycles. The number of nitrogens with one attached hydrogen (secondary N) is 4. The molecule has 0 aliphatic rings. The molecule has 2 aromatic carbocycles. The van der Waals surface area contributed by atoms with E-state index in [4.69, 9.17) is 0 Å². The van der Waals surface area contributed by atoms with Gasteiger partial charge in [0.25, 0.3) is 5.91 Å². The molecular weight excluding hydrogens is 428 g/mol. The van der Waals surface area contributed by atoms with Crippen molar-refractivity contribution >= 4 is 44.9 Å². The Morgan fingerprint density at radius 2 is 1.74 bits per heavy atom. The zero-order valence-corrected chi connectivity index (χ0v) is 17.8. The molecule has 0 aliphatic carbocycles. The Kier molecular flexibility index (Phi) is 4.70. The van der Waals surface area contributed by atoms with Crippen molar-refractivity contribution in [2.24, 2.45) is 0 Å². The number of nitrogens with zero attached hydrogens (tertiary/aromatic N) is 4. The molecule has 9 heteroatoms. The smallest absolute Gasteiger partial charge is 0.272 e. The Balaban J connectivity index is 1.25. The van der Waals surface area contributed by atoms with Gasteiger partial charge < -0.3 is 15.6 Å². The third-order valence-electron chi connectivity index (χ3n) is 5.43. The topological polar surface area (TPSA) is 124 Å². The van der Waals surface area contributed by atoms with Crippen molar-refractivity contribution in [3.8, 4) is 11.4 Å². The SMILES string of the molecule is O=C(Nc1ccncc1)c1cc2ccc(-c3nccc(Nc4ccc5[nH]ncc5c4)n3)cc2[nH]1. The molecular formula is C25H18N8O. The number of hydrogen-bond acceptors (Lipinski definition) is 6. The predicted octanol–water partition coefficient (Wildman–Crippen LogP) is 4.89. The second-order valence-electron chi connectivity index (χ2n) is 7.74. The van der Waals surface area contributed by atoms with E-state index in [9.17, 15) is 4.79 Å². The van der Waals surface area contributed by atoms with E-state index in [1.807, 2.05) is 48.5 Å². The van der Waals surface area contributed by atoms with Gasteiger partial charge in [-0.15, -0.1) is 0 Å². The van der Waals surface area contributed by atoms with Crippen LogP contribution in [0.4, 0.5) is 17.2 Å². The maximum Gasteiger partial charge on any atom is 0.272 e. The van der Waals surface area contributed by atoms with Crippen molar-refractivity contribution in [3.05, 3.63) is 91.1 Å². The number of fused-ring (bicyclic) bond motifs is 2. The van der Waals surface area contributed by atoms with Crippen LogP contribution in [0.2, 0.25) is 0 Å². The number of amides is 1. The van der Waals surface area contributed by atoms with E-state index in [-0.39, 0.29) is 5.91 Å². The lowest BCUT2D eigenvalue weighted by atomic mass is 10.1. The van der Waals surface area contributed by atoms with Crippen LogP contribution in [-0.2, 0) is 0 Å². The molecule has 6 rings (SSSR count). The molecule has 1 amide bonds. The maximum absolute atomic E-state index is 12.6. The van der Waals surface area contributed by atoms with Gasteiger partial charge >= 0.3 is 0 Å². The minimum Gasteiger partial charge on any atom is -0.350 e. The third kappa shape index (κ3) is 3.82. The molecule has 0 unspecified atom stereocenters. The largest absolute Gasteiger partial charge is 0.350 e. The lowest BCUT2D eigenvalue weighted by molar-refractivity contribution is 0.102. The van der Waals surface area contributed by atoms with Crippen LogP contribution in [0, 0.1) is 0 Å². The first-order chi connectivity index (χ1) is 16.7. The number of aromatic nitrogens is 6. The lowest BCUT2D eigenvalue weighted by Crippen LogP contribution is -2.12. The number of rotatable bonds is 5. The molecule has 164 valence electrons. The first kappa shape index (κ1) is 19.6. The van der Waals surface area contributed by atoms with Gasteiger partial charge in [-0.25, -0.2) is 9.97 Å². The predicted molar refractivity (Wildman–Crippen MR) is 131 cm³/mol. The standard InChI is InChI=1S/C25H18N8O/c34-25(30-18-5-8-26-9-6-18)22-12-15-1-2-16(13-21(15)31-22)24-27-10-7-23(32-24)29-19-3-4-20-17(11-19)14-28-33-20/h1-14,31H,(H,28,33)(H,26,30,34)(H,27,29,32). The van der Waals surface area contributed by atoms with Gasteiger partial charge in [0, 0.05) is 51.8 Å². The second kappa shape index (κ2) is 8.14. The van der Waals surface area contributed by atoms with E-state index in [1.165, 1.54) is 0 Å².